The lowest BCUT2D eigenvalue weighted by molar-refractivity contribution is -0.136. The van der Waals surface area contributed by atoms with E-state index in [2.05, 4.69) is 0 Å². The number of carboxylic acid groups (broad SMARTS) is 1. The van der Waals surface area contributed by atoms with Crippen molar-refractivity contribution in [3.63, 3.8) is 0 Å². The van der Waals surface area contributed by atoms with Crippen molar-refractivity contribution in [2.45, 2.75) is 6.42 Å². The zero-order chi connectivity index (χ0) is 13.1. The Balaban J connectivity index is 2.97. The van der Waals surface area contributed by atoms with Gasteiger partial charge in [-0.3, -0.25) is 4.79 Å². The fourth-order valence-corrected chi connectivity index (χ4v) is 1.08. The van der Waals surface area contributed by atoms with Crippen LogP contribution in [0.3, 0.4) is 0 Å². The minimum Gasteiger partial charge on any atom is -0.493 e. The summed E-state index contributed by atoms with van der Waals surface area (Å²) in [5.41, 5.74) is 0.507. The van der Waals surface area contributed by atoms with Crippen LogP contribution in [0.2, 0.25) is 0 Å². The first-order chi connectivity index (χ1) is 7.81. The third-order valence-corrected chi connectivity index (χ3v) is 1.69. The van der Waals surface area contributed by atoms with Gasteiger partial charge in [-0.05, 0) is 17.7 Å². The molecule has 4 heteroatoms. The SMILES string of the molecule is [2H]C([2H])([2H])Oc1ccc(CC(=O)O)cc1OC. The number of hydrogen-bond donors (Lipinski definition) is 1. The molecule has 1 aromatic rings. The molecular weight excluding hydrogens is 184 g/mol. The molecule has 0 bridgehead atoms. The normalized spacial score (nSPS) is 13.6. The first kappa shape index (κ1) is 6.70. The van der Waals surface area contributed by atoms with Gasteiger partial charge in [0, 0.05) is 0 Å². The van der Waals surface area contributed by atoms with Crippen LogP contribution in [0.5, 0.6) is 11.5 Å². The molecule has 0 aliphatic rings. The van der Waals surface area contributed by atoms with Crippen molar-refractivity contribution in [1.82, 2.24) is 0 Å². The molecule has 0 saturated carbocycles. The molecule has 0 unspecified atom stereocenters. The van der Waals surface area contributed by atoms with E-state index < -0.39 is 13.0 Å². The number of aliphatic carboxylic acids is 1. The van der Waals surface area contributed by atoms with Crippen molar-refractivity contribution in [2.24, 2.45) is 0 Å². The van der Waals surface area contributed by atoms with E-state index in [0.717, 1.165) is 0 Å². The number of carbonyl (C=O) groups is 1. The Hall–Kier alpha value is -1.71. The van der Waals surface area contributed by atoms with Crippen molar-refractivity contribution in [2.75, 3.05) is 14.1 Å². The number of hydrogen-bond acceptors (Lipinski definition) is 3. The maximum atomic E-state index is 10.5. The summed E-state index contributed by atoms with van der Waals surface area (Å²) < 4.78 is 30.6. The zero-order valence-corrected chi connectivity index (χ0v) is 7.61. The second-order valence-electron chi connectivity index (χ2n) is 2.66. The lowest BCUT2D eigenvalue weighted by Gasteiger charge is -2.08. The third kappa shape index (κ3) is 2.39. The summed E-state index contributed by atoms with van der Waals surface area (Å²) in [6.45, 7) is 0. The summed E-state index contributed by atoms with van der Waals surface area (Å²) in [6, 6.07) is 4.30. The molecule has 0 amide bonds. The van der Waals surface area contributed by atoms with E-state index in [9.17, 15) is 4.79 Å². The van der Waals surface area contributed by atoms with Crippen LogP contribution in [0.1, 0.15) is 9.68 Å². The Morgan fingerprint density at radius 2 is 2.29 bits per heavy atom. The van der Waals surface area contributed by atoms with Crippen LogP contribution in [0.4, 0.5) is 0 Å². The van der Waals surface area contributed by atoms with Crippen LogP contribution in [-0.2, 0) is 11.2 Å². The molecule has 0 heterocycles. The molecule has 4 nitrogen and oxygen atoms in total. The molecule has 0 radical (unpaired) electrons. The van der Waals surface area contributed by atoms with Crippen LogP contribution < -0.4 is 9.47 Å². The van der Waals surface area contributed by atoms with Crippen molar-refractivity contribution in [3.8, 4) is 11.5 Å². The van der Waals surface area contributed by atoms with Gasteiger partial charge >= 0.3 is 5.97 Å². The summed E-state index contributed by atoms with van der Waals surface area (Å²) in [4.78, 5) is 10.5. The molecule has 1 rings (SSSR count). The molecule has 76 valence electrons. The summed E-state index contributed by atoms with van der Waals surface area (Å²) in [5.74, 6) is -0.724. The predicted octanol–water partition coefficient (Wildman–Crippen LogP) is 1.33. The number of benzene rings is 1. The van der Waals surface area contributed by atoms with Gasteiger partial charge in [0.15, 0.2) is 11.5 Å². The lowest BCUT2D eigenvalue weighted by atomic mass is 10.1. The second-order valence-corrected chi connectivity index (χ2v) is 2.66. The maximum Gasteiger partial charge on any atom is 0.307 e. The van der Waals surface area contributed by atoms with E-state index in [0.29, 0.717) is 5.56 Å². The third-order valence-electron chi connectivity index (χ3n) is 1.69. The number of methoxy groups -OCH3 is 2. The summed E-state index contributed by atoms with van der Waals surface area (Å²) in [5, 5.41) is 8.62. The molecule has 0 aromatic heterocycles. The lowest BCUT2D eigenvalue weighted by Crippen LogP contribution is -2.00. The van der Waals surface area contributed by atoms with Crippen LogP contribution >= 0.6 is 0 Å². The van der Waals surface area contributed by atoms with Gasteiger partial charge < -0.3 is 14.6 Å². The Kier molecular flexibility index (Phi) is 2.16. The van der Waals surface area contributed by atoms with Gasteiger partial charge in [0.1, 0.15) is 0 Å². The van der Waals surface area contributed by atoms with Crippen LogP contribution in [-0.4, -0.2) is 25.2 Å². The van der Waals surface area contributed by atoms with Gasteiger partial charge in [-0.1, -0.05) is 6.07 Å². The summed E-state index contributed by atoms with van der Waals surface area (Å²) >= 11 is 0. The van der Waals surface area contributed by atoms with Crippen molar-refractivity contribution < 1.29 is 23.5 Å². The fourth-order valence-electron chi connectivity index (χ4n) is 1.08. The Morgan fingerprint density at radius 3 is 2.86 bits per heavy atom. The minimum atomic E-state index is -2.57. The first-order valence-electron chi connectivity index (χ1n) is 5.39. The summed E-state index contributed by atoms with van der Waals surface area (Å²) in [7, 11) is -1.21. The highest BCUT2D eigenvalue weighted by atomic mass is 16.5. The Labute approximate surface area is 86.3 Å². The number of ether oxygens (including phenoxy) is 2. The molecule has 1 aromatic carbocycles. The van der Waals surface area contributed by atoms with E-state index in [1.54, 1.807) is 0 Å². The molecule has 0 aliphatic carbocycles. The number of carboxylic acids is 1. The first-order valence-corrected chi connectivity index (χ1v) is 3.89. The van der Waals surface area contributed by atoms with Gasteiger partial charge in [-0.15, -0.1) is 0 Å². The molecule has 0 atom stereocenters. The van der Waals surface area contributed by atoms with Crippen LogP contribution in [0.15, 0.2) is 18.2 Å². The molecule has 0 aliphatic heterocycles. The average Bonchev–Trinajstić information content (AvgIpc) is 2.17. The van der Waals surface area contributed by atoms with E-state index in [1.807, 2.05) is 0 Å². The molecule has 0 spiro atoms. The highest BCUT2D eigenvalue weighted by Gasteiger charge is 2.06. The topological polar surface area (TPSA) is 55.8 Å². The van der Waals surface area contributed by atoms with Gasteiger partial charge in [0.05, 0.1) is 24.7 Å². The number of rotatable bonds is 4. The predicted molar refractivity (Wildman–Crippen MR) is 50.9 cm³/mol. The Bertz CT molecular complexity index is 415. The average molecular weight is 199 g/mol. The fraction of sp³-hybridized carbons (Fsp3) is 0.300. The van der Waals surface area contributed by atoms with E-state index >= 15 is 0 Å². The zero-order valence-electron chi connectivity index (χ0n) is 10.6. The van der Waals surface area contributed by atoms with Crippen LogP contribution in [0, 0.1) is 0 Å². The molecular formula is C10H12O4. The standard InChI is InChI=1S/C10H12O4/c1-13-8-4-3-7(6-10(11)12)5-9(8)14-2/h3-5H,6H2,1-2H3,(H,11,12)/i1D3. The van der Waals surface area contributed by atoms with Gasteiger partial charge in [0.2, 0.25) is 0 Å². The highest BCUT2D eigenvalue weighted by molar-refractivity contribution is 5.70. The smallest absolute Gasteiger partial charge is 0.307 e. The summed E-state index contributed by atoms with van der Waals surface area (Å²) in [6.07, 6.45) is -0.162. The van der Waals surface area contributed by atoms with Crippen molar-refractivity contribution in [1.29, 1.82) is 0 Å². The quantitative estimate of drug-likeness (QED) is 0.794. The van der Waals surface area contributed by atoms with E-state index in [-0.39, 0.29) is 17.9 Å². The van der Waals surface area contributed by atoms with Crippen molar-refractivity contribution in [3.05, 3.63) is 23.8 Å². The monoisotopic (exact) mass is 199 g/mol. The van der Waals surface area contributed by atoms with E-state index in [4.69, 9.17) is 18.7 Å². The van der Waals surface area contributed by atoms with E-state index in [1.165, 1.54) is 25.3 Å². The van der Waals surface area contributed by atoms with Gasteiger partial charge in [-0.25, -0.2) is 0 Å². The molecule has 0 fully saturated rings. The van der Waals surface area contributed by atoms with Gasteiger partial charge in [0.25, 0.3) is 0 Å². The van der Waals surface area contributed by atoms with Crippen molar-refractivity contribution >= 4 is 5.97 Å². The highest BCUT2D eigenvalue weighted by Crippen LogP contribution is 2.27. The van der Waals surface area contributed by atoms with Gasteiger partial charge in [-0.2, -0.15) is 0 Å². The Morgan fingerprint density at radius 1 is 1.50 bits per heavy atom. The maximum absolute atomic E-state index is 10.5. The van der Waals surface area contributed by atoms with Crippen LogP contribution in [0.25, 0.3) is 0 Å². The minimum absolute atomic E-state index is 0.0571. The second kappa shape index (κ2) is 4.50. The molecule has 14 heavy (non-hydrogen) atoms. The largest absolute Gasteiger partial charge is 0.493 e. The molecule has 0 saturated heterocycles. The molecule has 1 N–H and O–H groups in total.